The third-order valence-electron chi connectivity index (χ3n) is 5.03. The third kappa shape index (κ3) is 4.23. The summed E-state index contributed by atoms with van der Waals surface area (Å²) in [6.45, 7) is 2.24. The number of Topliss-reactive ketones (excluding diaryl/α,β-unsaturated/α-hetero) is 1. The molecule has 0 unspecified atom stereocenters. The minimum absolute atomic E-state index is 0.172. The van der Waals surface area contributed by atoms with Crippen molar-refractivity contribution in [1.82, 2.24) is 0 Å². The number of carbonyl (C=O) groups is 1. The Morgan fingerprint density at radius 1 is 0.968 bits per heavy atom. The molecule has 31 heavy (non-hydrogen) atoms. The van der Waals surface area contributed by atoms with Crippen LogP contribution in [0, 0.1) is 6.92 Å². The van der Waals surface area contributed by atoms with E-state index >= 15 is 0 Å². The van der Waals surface area contributed by atoms with Crippen molar-refractivity contribution in [2.75, 3.05) is 14.2 Å². The molecule has 0 amide bonds. The Labute approximate surface area is 185 Å². The highest BCUT2D eigenvalue weighted by Crippen LogP contribution is 2.40. The number of hydrogen-bond acceptors (Lipinski definition) is 5. The molecule has 0 spiro atoms. The lowest BCUT2D eigenvalue weighted by Gasteiger charge is -2.11. The van der Waals surface area contributed by atoms with Crippen molar-refractivity contribution in [3.63, 3.8) is 0 Å². The molecular formula is C25H21ClO5. The van der Waals surface area contributed by atoms with E-state index in [0.717, 1.165) is 16.7 Å². The van der Waals surface area contributed by atoms with Crippen LogP contribution in [0.1, 0.15) is 27.0 Å². The van der Waals surface area contributed by atoms with E-state index in [4.69, 9.17) is 30.5 Å². The first-order valence-corrected chi connectivity index (χ1v) is 10.0. The van der Waals surface area contributed by atoms with Crippen LogP contribution in [0.2, 0.25) is 5.02 Å². The molecule has 158 valence electrons. The number of ketones is 1. The van der Waals surface area contributed by atoms with Gasteiger partial charge in [-0.25, -0.2) is 0 Å². The molecule has 0 fully saturated rings. The first kappa shape index (κ1) is 20.8. The van der Waals surface area contributed by atoms with Crippen molar-refractivity contribution in [3.8, 4) is 23.0 Å². The van der Waals surface area contributed by atoms with Gasteiger partial charge < -0.3 is 18.9 Å². The van der Waals surface area contributed by atoms with Crippen molar-refractivity contribution in [1.29, 1.82) is 0 Å². The van der Waals surface area contributed by atoms with Crippen LogP contribution in [-0.2, 0) is 6.61 Å². The van der Waals surface area contributed by atoms with Crippen LogP contribution < -0.4 is 18.9 Å². The fraction of sp³-hybridized carbons (Fsp3) is 0.160. The SMILES string of the molecule is COc1ccc(/C=C2\Oc3c(ccc(OCc4cccc(Cl)c4)c3C)C2=O)cc1OC. The molecule has 1 aliphatic heterocycles. The lowest BCUT2D eigenvalue weighted by atomic mass is 10.1. The van der Waals surface area contributed by atoms with Gasteiger partial charge in [-0.2, -0.15) is 0 Å². The predicted octanol–water partition coefficient (Wildman–Crippen LogP) is 5.86. The quantitative estimate of drug-likeness (QED) is 0.453. The Morgan fingerprint density at radius 3 is 2.48 bits per heavy atom. The monoisotopic (exact) mass is 436 g/mol. The largest absolute Gasteiger partial charge is 0.493 e. The molecule has 0 atom stereocenters. The van der Waals surface area contributed by atoms with Gasteiger partial charge in [0.15, 0.2) is 17.3 Å². The summed E-state index contributed by atoms with van der Waals surface area (Å²) in [5, 5.41) is 0.658. The van der Waals surface area contributed by atoms with Crippen LogP contribution in [0.15, 0.2) is 60.4 Å². The summed E-state index contributed by atoms with van der Waals surface area (Å²) in [7, 11) is 3.14. The predicted molar refractivity (Wildman–Crippen MR) is 119 cm³/mol. The number of methoxy groups -OCH3 is 2. The molecule has 1 heterocycles. The average molecular weight is 437 g/mol. The average Bonchev–Trinajstić information content (AvgIpc) is 3.09. The Balaban J connectivity index is 1.57. The van der Waals surface area contributed by atoms with E-state index in [1.807, 2.05) is 37.3 Å². The third-order valence-corrected chi connectivity index (χ3v) is 5.26. The van der Waals surface area contributed by atoms with Gasteiger partial charge in [-0.3, -0.25) is 4.79 Å². The minimum atomic E-state index is -0.172. The maximum absolute atomic E-state index is 12.9. The van der Waals surface area contributed by atoms with Crippen LogP contribution in [0.5, 0.6) is 23.0 Å². The first-order chi connectivity index (χ1) is 15.0. The minimum Gasteiger partial charge on any atom is -0.493 e. The maximum Gasteiger partial charge on any atom is 0.231 e. The zero-order chi connectivity index (χ0) is 22.0. The maximum atomic E-state index is 12.9. The number of hydrogen-bond donors (Lipinski definition) is 0. The van der Waals surface area contributed by atoms with Gasteiger partial charge in [-0.1, -0.05) is 29.8 Å². The number of rotatable bonds is 6. The molecular weight excluding hydrogens is 416 g/mol. The summed E-state index contributed by atoms with van der Waals surface area (Å²) < 4.78 is 22.5. The Hall–Kier alpha value is -3.44. The molecule has 0 aromatic heterocycles. The van der Waals surface area contributed by atoms with Gasteiger partial charge in [0.05, 0.1) is 19.8 Å². The molecule has 3 aromatic carbocycles. The number of benzene rings is 3. The van der Waals surface area contributed by atoms with E-state index < -0.39 is 0 Å². The number of fused-ring (bicyclic) bond motifs is 1. The van der Waals surface area contributed by atoms with E-state index in [9.17, 15) is 4.79 Å². The Morgan fingerprint density at radius 2 is 1.74 bits per heavy atom. The van der Waals surface area contributed by atoms with Crippen molar-refractivity contribution < 1.29 is 23.7 Å². The summed E-state index contributed by atoms with van der Waals surface area (Å²) in [5.41, 5.74) is 3.00. The van der Waals surface area contributed by atoms with E-state index in [-0.39, 0.29) is 11.5 Å². The Bertz CT molecular complexity index is 1180. The standard InChI is InChI=1S/C25H21ClO5/c1-15-20(30-14-17-5-4-6-18(26)11-17)10-8-19-24(27)23(31-25(15)19)13-16-7-9-21(28-2)22(12-16)29-3/h4-13H,14H2,1-3H3/b23-13-. The van der Waals surface area contributed by atoms with Crippen molar-refractivity contribution >= 4 is 23.5 Å². The lowest BCUT2D eigenvalue weighted by Crippen LogP contribution is -1.98. The molecule has 1 aliphatic rings. The molecule has 0 saturated carbocycles. The second kappa shape index (κ2) is 8.74. The first-order valence-electron chi connectivity index (χ1n) is 9.67. The topological polar surface area (TPSA) is 54.0 Å². The van der Waals surface area contributed by atoms with E-state index in [0.29, 0.717) is 40.2 Å². The van der Waals surface area contributed by atoms with Gasteiger partial charge >= 0.3 is 0 Å². The van der Waals surface area contributed by atoms with E-state index in [1.54, 1.807) is 44.6 Å². The Kier molecular flexibility index (Phi) is 5.87. The van der Waals surface area contributed by atoms with Gasteiger partial charge in [0.1, 0.15) is 18.1 Å². The highest BCUT2D eigenvalue weighted by molar-refractivity contribution is 6.30. The van der Waals surface area contributed by atoms with Gasteiger partial charge in [0.25, 0.3) is 0 Å². The van der Waals surface area contributed by atoms with Crippen molar-refractivity contribution in [3.05, 3.63) is 87.6 Å². The molecule has 6 heteroatoms. The van der Waals surface area contributed by atoms with Crippen LogP contribution in [-0.4, -0.2) is 20.0 Å². The molecule has 0 bridgehead atoms. The van der Waals surface area contributed by atoms with Gasteiger partial charge in [0, 0.05) is 10.6 Å². The van der Waals surface area contributed by atoms with Gasteiger partial charge in [-0.05, 0) is 60.5 Å². The summed E-state index contributed by atoms with van der Waals surface area (Å²) in [4.78, 5) is 12.9. The number of carbonyl (C=O) groups excluding carboxylic acids is 1. The van der Waals surface area contributed by atoms with Crippen LogP contribution in [0.4, 0.5) is 0 Å². The zero-order valence-electron chi connectivity index (χ0n) is 17.4. The smallest absolute Gasteiger partial charge is 0.231 e. The fourth-order valence-electron chi connectivity index (χ4n) is 3.41. The number of halogens is 1. The van der Waals surface area contributed by atoms with Crippen LogP contribution in [0.3, 0.4) is 0 Å². The lowest BCUT2D eigenvalue weighted by molar-refractivity contribution is 0.101. The van der Waals surface area contributed by atoms with Crippen LogP contribution in [0.25, 0.3) is 6.08 Å². The van der Waals surface area contributed by atoms with Gasteiger partial charge in [0.2, 0.25) is 5.78 Å². The van der Waals surface area contributed by atoms with Crippen LogP contribution >= 0.6 is 11.6 Å². The van der Waals surface area contributed by atoms with E-state index in [1.165, 1.54) is 0 Å². The highest BCUT2D eigenvalue weighted by atomic mass is 35.5. The summed E-state index contributed by atoms with van der Waals surface area (Å²) in [6, 6.07) is 16.4. The second-order valence-electron chi connectivity index (χ2n) is 7.04. The number of allylic oxidation sites excluding steroid dienone is 1. The van der Waals surface area contributed by atoms with Crippen molar-refractivity contribution in [2.45, 2.75) is 13.5 Å². The number of ether oxygens (including phenoxy) is 4. The molecule has 0 saturated heterocycles. The summed E-state index contributed by atoms with van der Waals surface area (Å²) in [6.07, 6.45) is 1.69. The fourth-order valence-corrected chi connectivity index (χ4v) is 3.62. The molecule has 0 N–H and O–H groups in total. The molecule has 0 radical (unpaired) electrons. The van der Waals surface area contributed by atoms with Gasteiger partial charge in [-0.15, -0.1) is 0 Å². The summed E-state index contributed by atoms with van der Waals surface area (Å²) >= 11 is 6.03. The van der Waals surface area contributed by atoms with E-state index in [2.05, 4.69) is 0 Å². The second-order valence-corrected chi connectivity index (χ2v) is 7.47. The zero-order valence-corrected chi connectivity index (χ0v) is 18.2. The normalized spacial score (nSPS) is 13.7. The molecule has 3 aromatic rings. The highest BCUT2D eigenvalue weighted by Gasteiger charge is 2.30. The molecule has 0 aliphatic carbocycles. The summed E-state index contributed by atoms with van der Waals surface area (Å²) in [5.74, 6) is 2.43. The van der Waals surface area contributed by atoms with Crippen molar-refractivity contribution in [2.24, 2.45) is 0 Å². The molecule has 4 rings (SSSR count). The molecule has 5 nitrogen and oxygen atoms in total.